The van der Waals surface area contributed by atoms with Gasteiger partial charge in [-0.25, -0.2) is 0 Å². The van der Waals surface area contributed by atoms with Crippen LogP contribution in [0, 0.1) is 0 Å². The van der Waals surface area contributed by atoms with E-state index in [0.29, 0.717) is 12.8 Å². The van der Waals surface area contributed by atoms with E-state index >= 15 is 0 Å². The van der Waals surface area contributed by atoms with Gasteiger partial charge in [-0.2, -0.15) is 0 Å². The van der Waals surface area contributed by atoms with E-state index in [0.717, 1.165) is 22.3 Å². The number of hydrogen-bond acceptors (Lipinski definition) is 3. The first-order valence-electron chi connectivity index (χ1n) is 11.3. The van der Waals surface area contributed by atoms with Gasteiger partial charge in [0.1, 0.15) is 12.1 Å². The van der Waals surface area contributed by atoms with Crippen LogP contribution in [0.25, 0.3) is 0 Å². The molecule has 4 aromatic rings. The van der Waals surface area contributed by atoms with Gasteiger partial charge in [-0.3, -0.25) is 4.79 Å². The maximum absolute atomic E-state index is 13.7. The lowest BCUT2D eigenvalue weighted by Gasteiger charge is -2.36. The van der Waals surface area contributed by atoms with Gasteiger partial charge in [0.25, 0.3) is 0 Å². The molecule has 0 aliphatic heterocycles. The van der Waals surface area contributed by atoms with Crippen molar-refractivity contribution in [3.8, 4) is 0 Å². The summed E-state index contributed by atoms with van der Waals surface area (Å²) < 4.78 is 5.84. The van der Waals surface area contributed by atoms with Gasteiger partial charge in [0.15, 0.2) is 0 Å². The Morgan fingerprint density at radius 3 is 1.67 bits per heavy atom. The Labute approximate surface area is 195 Å². The van der Waals surface area contributed by atoms with E-state index < -0.39 is 5.54 Å². The van der Waals surface area contributed by atoms with Gasteiger partial charge in [-0.1, -0.05) is 121 Å². The summed E-state index contributed by atoms with van der Waals surface area (Å²) >= 11 is 0. The highest BCUT2D eigenvalue weighted by Gasteiger charge is 2.44. The van der Waals surface area contributed by atoms with Crippen LogP contribution in [0.5, 0.6) is 0 Å². The molecule has 3 heteroatoms. The van der Waals surface area contributed by atoms with E-state index in [4.69, 9.17) is 10.5 Å². The molecule has 4 aromatic carbocycles. The number of carbonyl (C=O) groups is 1. The quantitative estimate of drug-likeness (QED) is 0.343. The van der Waals surface area contributed by atoms with Gasteiger partial charge in [0.2, 0.25) is 0 Å². The van der Waals surface area contributed by atoms with Gasteiger partial charge in [-0.15, -0.1) is 0 Å². The van der Waals surface area contributed by atoms with Gasteiger partial charge >= 0.3 is 5.97 Å². The standard InChI is InChI=1S/C30H29NO2/c31-30(22-25-15-7-2-8-16-25,29(32)33-23-26-17-9-3-10-18-26)28(27-19-11-4-12-20-27)21-24-13-5-1-6-14-24/h1-20,28H,21-23,31H2. The summed E-state index contributed by atoms with van der Waals surface area (Å²) in [5.74, 6) is -0.649. The number of hydrogen-bond donors (Lipinski definition) is 1. The molecule has 4 rings (SSSR count). The summed E-state index contributed by atoms with van der Waals surface area (Å²) in [5, 5.41) is 0. The van der Waals surface area contributed by atoms with Crippen molar-refractivity contribution < 1.29 is 9.53 Å². The molecular weight excluding hydrogens is 406 g/mol. The maximum Gasteiger partial charge on any atom is 0.327 e. The average molecular weight is 436 g/mol. The number of benzene rings is 4. The number of nitrogens with two attached hydrogens (primary N) is 1. The number of carbonyl (C=O) groups excluding carboxylic acids is 1. The first kappa shape index (κ1) is 22.5. The monoisotopic (exact) mass is 435 g/mol. The topological polar surface area (TPSA) is 52.3 Å². The first-order valence-corrected chi connectivity index (χ1v) is 11.3. The van der Waals surface area contributed by atoms with Crippen LogP contribution >= 0.6 is 0 Å². The molecule has 0 aromatic heterocycles. The third kappa shape index (κ3) is 5.76. The fraction of sp³-hybridized carbons (Fsp3) is 0.167. The molecule has 0 bridgehead atoms. The summed E-state index contributed by atoms with van der Waals surface area (Å²) in [4.78, 5) is 13.7. The third-order valence-electron chi connectivity index (χ3n) is 6.04. The number of ether oxygens (including phenoxy) is 1. The van der Waals surface area contributed by atoms with Crippen LogP contribution in [0.1, 0.15) is 28.2 Å². The molecule has 166 valence electrons. The second-order valence-electron chi connectivity index (χ2n) is 8.42. The van der Waals surface area contributed by atoms with Crippen LogP contribution in [0.15, 0.2) is 121 Å². The van der Waals surface area contributed by atoms with Crippen LogP contribution in [-0.4, -0.2) is 11.5 Å². The Balaban J connectivity index is 1.71. The van der Waals surface area contributed by atoms with Crippen LogP contribution in [0.2, 0.25) is 0 Å². The minimum atomic E-state index is -1.24. The lowest BCUT2D eigenvalue weighted by atomic mass is 9.73. The van der Waals surface area contributed by atoms with Crippen molar-refractivity contribution in [2.75, 3.05) is 0 Å². The third-order valence-corrected chi connectivity index (χ3v) is 6.04. The van der Waals surface area contributed by atoms with Crippen LogP contribution in [0.4, 0.5) is 0 Å². The molecular formula is C30H29NO2. The van der Waals surface area contributed by atoms with Crippen molar-refractivity contribution >= 4 is 5.97 Å². The molecule has 33 heavy (non-hydrogen) atoms. The minimum Gasteiger partial charge on any atom is -0.459 e. The fourth-order valence-corrected chi connectivity index (χ4v) is 4.26. The van der Waals surface area contributed by atoms with E-state index in [1.165, 1.54) is 0 Å². The lowest BCUT2D eigenvalue weighted by molar-refractivity contribution is -0.152. The Bertz CT molecular complexity index is 1130. The Morgan fingerprint density at radius 2 is 1.12 bits per heavy atom. The summed E-state index contributed by atoms with van der Waals surface area (Å²) in [7, 11) is 0. The van der Waals surface area contributed by atoms with E-state index in [2.05, 4.69) is 12.1 Å². The fourth-order valence-electron chi connectivity index (χ4n) is 4.26. The van der Waals surface area contributed by atoms with Crippen molar-refractivity contribution in [3.05, 3.63) is 144 Å². The first-order chi connectivity index (χ1) is 16.1. The molecule has 3 nitrogen and oxygen atoms in total. The van der Waals surface area contributed by atoms with Gasteiger partial charge in [0, 0.05) is 12.3 Å². The van der Waals surface area contributed by atoms with Gasteiger partial charge in [0.05, 0.1) is 0 Å². The van der Waals surface area contributed by atoms with Gasteiger partial charge < -0.3 is 10.5 Å². The predicted octanol–water partition coefficient (Wildman–Crippen LogP) is 5.70. The molecule has 0 spiro atoms. The van der Waals surface area contributed by atoms with E-state index in [1.54, 1.807) is 0 Å². The highest BCUT2D eigenvalue weighted by molar-refractivity contribution is 5.83. The molecule has 0 aliphatic carbocycles. The van der Waals surface area contributed by atoms with Gasteiger partial charge in [-0.05, 0) is 28.7 Å². The van der Waals surface area contributed by atoms with Crippen LogP contribution < -0.4 is 5.73 Å². The SMILES string of the molecule is NC(Cc1ccccc1)(C(=O)OCc1ccccc1)C(Cc1ccccc1)c1ccccc1. The van der Waals surface area contributed by atoms with Crippen molar-refractivity contribution in [1.29, 1.82) is 0 Å². The molecule has 0 aliphatic rings. The number of rotatable bonds is 9. The van der Waals surface area contributed by atoms with Crippen molar-refractivity contribution in [1.82, 2.24) is 0 Å². The zero-order chi connectivity index (χ0) is 22.9. The zero-order valence-electron chi connectivity index (χ0n) is 18.6. The molecule has 2 atom stereocenters. The van der Waals surface area contributed by atoms with Crippen molar-refractivity contribution in [2.24, 2.45) is 5.73 Å². The largest absolute Gasteiger partial charge is 0.459 e. The van der Waals surface area contributed by atoms with Crippen molar-refractivity contribution in [3.63, 3.8) is 0 Å². The summed E-state index contributed by atoms with van der Waals surface area (Å²) in [6.07, 6.45) is 1.02. The van der Waals surface area contributed by atoms with E-state index in [1.807, 2.05) is 109 Å². The Hall–Kier alpha value is -3.69. The lowest BCUT2D eigenvalue weighted by Crippen LogP contribution is -2.56. The normalized spacial score (nSPS) is 13.6. The van der Waals surface area contributed by atoms with Crippen LogP contribution in [0.3, 0.4) is 0 Å². The molecule has 0 fully saturated rings. The van der Waals surface area contributed by atoms with Crippen LogP contribution in [-0.2, 0) is 29.0 Å². The molecule has 0 saturated heterocycles. The molecule has 0 saturated carbocycles. The zero-order valence-corrected chi connectivity index (χ0v) is 18.6. The van der Waals surface area contributed by atoms with E-state index in [-0.39, 0.29) is 18.5 Å². The Kier molecular flexibility index (Phi) is 7.33. The molecule has 0 radical (unpaired) electrons. The summed E-state index contributed by atoms with van der Waals surface area (Å²) in [6, 6.07) is 39.9. The Morgan fingerprint density at radius 1 is 0.667 bits per heavy atom. The highest BCUT2D eigenvalue weighted by Crippen LogP contribution is 2.34. The number of esters is 1. The van der Waals surface area contributed by atoms with Crippen molar-refractivity contribution in [2.45, 2.75) is 30.9 Å². The predicted molar refractivity (Wildman–Crippen MR) is 133 cm³/mol. The van der Waals surface area contributed by atoms with E-state index in [9.17, 15) is 4.79 Å². The molecule has 0 heterocycles. The highest BCUT2D eigenvalue weighted by atomic mass is 16.5. The molecule has 0 amide bonds. The summed E-state index contributed by atoms with van der Waals surface area (Å²) in [6.45, 7) is 0.195. The second-order valence-corrected chi connectivity index (χ2v) is 8.42. The molecule has 2 unspecified atom stereocenters. The molecule has 2 N–H and O–H groups in total. The minimum absolute atomic E-state index is 0.195. The maximum atomic E-state index is 13.7. The smallest absolute Gasteiger partial charge is 0.327 e. The summed E-state index contributed by atoms with van der Waals surface area (Å²) in [5.41, 5.74) is 9.94. The second kappa shape index (κ2) is 10.8. The average Bonchev–Trinajstić information content (AvgIpc) is 2.88.